The average Bonchev–Trinajstić information content (AvgIpc) is 2.13. The minimum atomic E-state index is -0.974. The third-order valence-electron chi connectivity index (χ3n) is 1.10. The highest BCUT2D eigenvalue weighted by molar-refractivity contribution is 6.42. The lowest BCUT2D eigenvalue weighted by Gasteiger charge is -2.04. The summed E-state index contributed by atoms with van der Waals surface area (Å²) in [6.07, 6.45) is -0.974. The van der Waals surface area contributed by atoms with E-state index in [2.05, 4.69) is 19.4 Å². The molecule has 1 aromatic heterocycles. The van der Waals surface area contributed by atoms with Crippen molar-refractivity contribution < 1.29 is 14.3 Å². The lowest BCUT2D eigenvalue weighted by Crippen LogP contribution is -2.09. The van der Waals surface area contributed by atoms with Gasteiger partial charge in [0, 0.05) is 0 Å². The lowest BCUT2D eigenvalue weighted by atomic mass is 10.6. The summed E-state index contributed by atoms with van der Waals surface area (Å²) < 4.78 is 8.77. The van der Waals surface area contributed by atoms with E-state index in [9.17, 15) is 4.79 Å². The van der Waals surface area contributed by atoms with Gasteiger partial charge in [0.05, 0.1) is 7.11 Å². The van der Waals surface area contributed by atoms with E-state index >= 15 is 0 Å². The van der Waals surface area contributed by atoms with Crippen LogP contribution in [-0.4, -0.2) is 23.2 Å². The molecule has 0 atom stereocenters. The number of hydrogen-bond acceptors (Lipinski definition) is 5. The fourth-order valence-electron chi connectivity index (χ4n) is 0.564. The molecular weight excluding hydrogens is 254 g/mol. The van der Waals surface area contributed by atoms with Gasteiger partial charge in [-0.1, -0.05) is 23.2 Å². The highest BCUT2D eigenvalue weighted by Gasteiger charge is 2.15. The first-order valence-corrected chi connectivity index (χ1v) is 4.32. The zero-order valence-corrected chi connectivity index (χ0v) is 9.02. The number of carbonyl (C=O) groups is 1. The molecule has 8 heteroatoms. The quantitative estimate of drug-likeness (QED) is 0.439. The Morgan fingerprint density at radius 2 is 1.93 bits per heavy atom. The number of ether oxygens (including phenoxy) is 2. The summed E-state index contributed by atoms with van der Waals surface area (Å²) in [7, 11) is 1.14. The number of methoxy groups -OCH3 is 1. The molecule has 0 fully saturated rings. The number of nitrogens with zero attached hydrogens (tertiary/aromatic N) is 2. The van der Waals surface area contributed by atoms with Crippen LogP contribution in [0.25, 0.3) is 0 Å². The highest BCUT2D eigenvalue weighted by Crippen LogP contribution is 2.29. The summed E-state index contributed by atoms with van der Waals surface area (Å²) in [5.41, 5.74) is 0. The smallest absolute Gasteiger partial charge is 0.437 e. The molecule has 0 aliphatic heterocycles. The lowest BCUT2D eigenvalue weighted by molar-refractivity contribution is 0.119. The van der Waals surface area contributed by atoms with Crippen LogP contribution in [0, 0.1) is 0 Å². The first-order chi connectivity index (χ1) is 6.54. The molecule has 0 amide bonds. The standard InChI is InChI=1S/C6H3Cl3N2O3/c1-13-6(12)14-4-2(7)3(8)10-5(9)11-4/h1H3. The van der Waals surface area contributed by atoms with Gasteiger partial charge in [0.15, 0.2) is 5.15 Å². The van der Waals surface area contributed by atoms with Crippen molar-refractivity contribution in [2.75, 3.05) is 7.11 Å². The van der Waals surface area contributed by atoms with Gasteiger partial charge in [0.2, 0.25) is 5.28 Å². The molecule has 0 aliphatic carbocycles. The number of carbonyl (C=O) groups excluding carboxylic acids is 1. The Hall–Kier alpha value is -0.780. The molecule has 1 aromatic rings. The Morgan fingerprint density at radius 3 is 2.50 bits per heavy atom. The van der Waals surface area contributed by atoms with Crippen LogP contribution >= 0.6 is 34.8 Å². The molecule has 0 N–H and O–H groups in total. The van der Waals surface area contributed by atoms with Crippen molar-refractivity contribution in [2.45, 2.75) is 0 Å². The molecule has 0 saturated carbocycles. The minimum absolute atomic E-state index is 0.106. The molecule has 0 spiro atoms. The Labute approximate surface area is 93.9 Å². The van der Waals surface area contributed by atoms with Crippen LogP contribution in [0.5, 0.6) is 5.88 Å². The summed E-state index contributed by atoms with van der Waals surface area (Å²) in [4.78, 5) is 17.8. The fourth-order valence-corrected chi connectivity index (χ4v) is 1.05. The Kier molecular flexibility index (Phi) is 3.74. The molecule has 0 saturated heterocycles. The molecule has 0 aliphatic rings. The molecule has 76 valence electrons. The predicted octanol–water partition coefficient (Wildman–Crippen LogP) is 2.58. The number of aromatic nitrogens is 2. The first-order valence-electron chi connectivity index (χ1n) is 3.19. The summed E-state index contributed by atoms with van der Waals surface area (Å²) in [6, 6.07) is 0. The van der Waals surface area contributed by atoms with Gasteiger partial charge >= 0.3 is 6.16 Å². The Balaban J connectivity index is 3.02. The Morgan fingerprint density at radius 1 is 1.29 bits per heavy atom. The van der Waals surface area contributed by atoms with E-state index in [0.717, 1.165) is 7.11 Å². The van der Waals surface area contributed by atoms with Crippen molar-refractivity contribution in [3.05, 3.63) is 15.5 Å². The van der Waals surface area contributed by atoms with Crippen LogP contribution in [0.15, 0.2) is 0 Å². The normalized spacial score (nSPS) is 9.71. The molecule has 1 heterocycles. The van der Waals surface area contributed by atoms with Crippen LogP contribution in [-0.2, 0) is 4.74 Å². The largest absolute Gasteiger partial charge is 0.514 e. The molecule has 0 bridgehead atoms. The topological polar surface area (TPSA) is 61.3 Å². The zero-order valence-electron chi connectivity index (χ0n) is 6.75. The van der Waals surface area contributed by atoms with Gasteiger partial charge in [-0.25, -0.2) is 9.78 Å². The van der Waals surface area contributed by atoms with E-state index in [1.165, 1.54) is 0 Å². The summed E-state index contributed by atoms with van der Waals surface area (Å²) >= 11 is 16.6. The van der Waals surface area contributed by atoms with Gasteiger partial charge in [-0.3, -0.25) is 0 Å². The summed E-state index contributed by atoms with van der Waals surface area (Å²) in [6.45, 7) is 0. The van der Waals surface area contributed by atoms with Gasteiger partial charge in [0.25, 0.3) is 5.88 Å². The van der Waals surface area contributed by atoms with Crippen molar-refractivity contribution in [1.29, 1.82) is 0 Å². The Bertz CT molecular complexity index is 372. The highest BCUT2D eigenvalue weighted by atomic mass is 35.5. The van der Waals surface area contributed by atoms with E-state index in [-0.39, 0.29) is 21.3 Å². The van der Waals surface area contributed by atoms with Crippen LogP contribution in [0.2, 0.25) is 15.5 Å². The molecule has 5 nitrogen and oxygen atoms in total. The third kappa shape index (κ3) is 2.60. The summed E-state index contributed by atoms with van der Waals surface area (Å²) in [5.74, 6) is -0.247. The second-order valence-electron chi connectivity index (χ2n) is 1.96. The predicted molar refractivity (Wildman–Crippen MR) is 50.1 cm³/mol. The van der Waals surface area contributed by atoms with Gasteiger partial charge in [-0.05, 0) is 11.6 Å². The number of halogens is 3. The maximum absolute atomic E-state index is 10.7. The second kappa shape index (κ2) is 4.63. The zero-order chi connectivity index (χ0) is 10.7. The minimum Gasteiger partial charge on any atom is -0.437 e. The fraction of sp³-hybridized carbons (Fsp3) is 0.167. The summed E-state index contributed by atoms with van der Waals surface area (Å²) in [5, 5.41) is -0.398. The molecule has 0 unspecified atom stereocenters. The van der Waals surface area contributed by atoms with E-state index in [1.807, 2.05) is 0 Å². The van der Waals surface area contributed by atoms with Gasteiger partial charge < -0.3 is 9.47 Å². The molecule has 0 aromatic carbocycles. The molecular formula is C6H3Cl3N2O3. The van der Waals surface area contributed by atoms with E-state index < -0.39 is 6.16 Å². The van der Waals surface area contributed by atoms with E-state index in [1.54, 1.807) is 0 Å². The van der Waals surface area contributed by atoms with Crippen molar-refractivity contribution >= 4 is 41.0 Å². The van der Waals surface area contributed by atoms with Crippen molar-refractivity contribution in [1.82, 2.24) is 9.97 Å². The second-order valence-corrected chi connectivity index (χ2v) is 3.03. The third-order valence-corrected chi connectivity index (χ3v) is 1.98. The SMILES string of the molecule is COC(=O)Oc1nc(Cl)nc(Cl)c1Cl. The van der Waals surface area contributed by atoms with Crippen molar-refractivity contribution in [2.24, 2.45) is 0 Å². The maximum atomic E-state index is 10.7. The molecule has 1 rings (SSSR count). The van der Waals surface area contributed by atoms with Crippen molar-refractivity contribution in [3.63, 3.8) is 0 Å². The van der Waals surface area contributed by atoms with Crippen LogP contribution in [0.4, 0.5) is 4.79 Å². The van der Waals surface area contributed by atoms with Gasteiger partial charge in [-0.15, -0.1) is 0 Å². The molecule has 0 radical (unpaired) electrons. The monoisotopic (exact) mass is 256 g/mol. The van der Waals surface area contributed by atoms with Crippen LogP contribution in [0.1, 0.15) is 0 Å². The van der Waals surface area contributed by atoms with Crippen molar-refractivity contribution in [3.8, 4) is 5.88 Å². The maximum Gasteiger partial charge on any atom is 0.514 e. The van der Waals surface area contributed by atoms with Crippen LogP contribution in [0.3, 0.4) is 0 Å². The average molecular weight is 257 g/mol. The molecule has 14 heavy (non-hydrogen) atoms. The number of hydrogen-bond donors (Lipinski definition) is 0. The first kappa shape index (κ1) is 11.3. The van der Waals surface area contributed by atoms with Gasteiger partial charge in [0.1, 0.15) is 5.02 Å². The van der Waals surface area contributed by atoms with E-state index in [0.29, 0.717) is 0 Å². The van der Waals surface area contributed by atoms with Crippen LogP contribution < -0.4 is 4.74 Å². The van der Waals surface area contributed by atoms with Gasteiger partial charge in [-0.2, -0.15) is 4.98 Å². The van der Waals surface area contributed by atoms with E-state index in [4.69, 9.17) is 34.8 Å². The number of rotatable bonds is 1.